The van der Waals surface area contributed by atoms with Crippen LogP contribution in [0.3, 0.4) is 0 Å². The van der Waals surface area contributed by atoms with Crippen LogP contribution in [0.15, 0.2) is 53.7 Å². The number of carbonyl (C=O) groups excluding carboxylic acids is 1. The van der Waals surface area contributed by atoms with Gasteiger partial charge < -0.3 is 14.2 Å². The Hall–Kier alpha value is -2.80. The fraction of sp³-hybridized carbons (Fsp3) is 0.400. The third-order valence-electron chi connectivity index (χ3n) is 5.87. The van der Waals surface area contributed by atoms with Crippen LogP contribution in [0.5, 0.6) is 5.75 Å². The van der Waals surface area contributed by atoms with Crippen molar-refractivity contribution in [2.24, 2.45) is 0 Å². The molecule has 1 aromatic heterocycles. The fourth-order valence-corrected chi connectivity index (χ4v) is 4.96. The predicted octanol–water partition coefficient (Wildman–Crippen LogP) is 4.82. The molecule has 0 bridgehead atoms. The number of ether oxygens (including phenoxy) is 1. The van der Waals surface area contributed by atoms with Crippen molar-refractivity contribution in [1.82, 2.24) is 19.7 Å². The molecule has 0 aliphatic carbocycles. The molecule has 1 aliphatic rings. The van der Waals surface area contributed by atoms with E-state index in [4.69, 9.17) is 4.74 Å². The third-order valence-corrected chi connectivity index (χ3v) is 6.94. The maximum atomic E-state index is 13.2. The van der Waals surface area contributed by atoms with Crippen LogP contribution >= 0.6 is 11.8 Å². The number of methoxy groups -OCH3 is 1. The minimum atomic E-state index is -0.228. The molecule has 3 aromatic rings. The summed E-state index contributed by atoms with van der Waals surface area (Å²) >= 11 is 1.50. The summed E-state index contributed by atoms with van der Waals surface area (Å²) < 4.78 is 7.42. The third kappa shape index (κ3) is 4.83. The van der Waals surface area contributed by atoms with Crippen LogP contribution in [-0.4, -0.2) is 44.5 Å². The summed E-state index contributed by atoms with van der Waals surface area (Å²) in [6.07, 6.45) is 3.01. The van der Waals surface area contributed by atoms with Gasteiger partial charge in [-0.3, -0.25) is 4.79 Å². The summed E-state index contributed by atoms with van der Waals surface area (Å²) in [5.41, 5.74) is 3.59. The lowest BCUT2D eigenvalue weighted by molar-refractivity contribution is -0.131. The van der Waals surface area contributed by atoms with Gasteiger partial charge in [-0.15, -0.1) is 10.2 Å². The zero-order valence-corrected chi connectivity index (χ0v) is 19.8. The van der Waals surface area contributed by atoms with Gasteiger partial charge >= 0.3 is 0 Å². The number of thioether (sulfide) groups is 1. The minimum Gasteiger partial charge on any atom is -0.497 e. The van der Waals surface area contributed by atoms with Crippen LogP contribution in [0.25, 0.3) is 11.4 Å². The first kappa shape index (κ1) is 22.4. The van der Waals surface area contributed by atoms with E-state index in [1.807, 2.05) is 42.2 Å². The highest BCUT2D eigenvalue weighted by molar-refractivity contribution is 8.00. The molecule has 6 nitrogen and oxygen atoms in total. The molecule has 2 aromatic carbocycles. The van der Waals surface area contributed by atoms with E-state index < -0.39 is 0 Å². The molecule has 0 saturated carbocycles. The molecule has 32 heavy (non-hydrogen) atoms. The van der Waals surface area contributed by atoms with Crippen molar-refractivity contribution in [3.63, 3.8) is 0 Å². The molecule has 2 heterocycles. The maximum absolute atomic E-state index is 13.2. The van der Waals surface area contributed by atoms with Gasteiger partial charge in [0.05, 0.1) is 12.4 Å². The van der Waals surface area contributed by atoms with Crippen molar-refractivity contribution < 1.29 is 9.53 Å². The second-order valence-electron chi connectivity index (χ2n) is 8.08. The molecule has 1 unspecified atom stereocenters. The Kier molecular flexibility index (Phi) is 7.15. The van der Waals surface area contributed by atoms with E-state index in [1.165, 1.54) is 22.9 Å². The van der Waals surface area contributed by atoms with Crippen molar-refractivity contribution >= 4 is 17.7 Å². The number of nitrogens with zero attached hydrogens (tertiary/aromatic N) is 4. The number of hydrogen-bond acceptors (Lipinski definition) is 5. The standard InChI is InChI=1S/C25H30N4O2S/c1-4-5-15-29-23(20-10-12-22(31-3)13-11-20)26-27-25(29)32-18(2)24(30)28-16-14-19-8-6-7-9-21(19)17-28/h6-13,18H,4-5,14-17H2,1-3H3. The minimum absolute atomic E-state index is 0.153. The number of hydrogen-bond donors (Lipinski definition) is 0. The van der Waals surface area contributed by atoms with E-state index in [0.29, 0.717) is 6.54 Å². The Labute approximate surface area is 194 Å². The van der Waals surface area contributed by atoms with Crippen LogP contribution in [0.1, 0.15) is 37.8 Å². The van der Waals surface area contributed by atoms with Gasteiger partial charge in [0.1, 0.15) is 5.75 Å². The lowest BCUT2D eigenvalue weighted by Crippen LogP contribution is -2.40. The number of amides is 1. The van der Waals surface area contributed by atoms with Crippen molar-refractivity contribution in [2.75, 3.05) is 13.7 Å². The van der Waals surface area contributed by atoms with E-state index >= 15 is 0 Å². The Morgan fingerprint density at radius 2 is 1.88 bits per heavy atom. The van der Waals surface area contributed by atoms with Crippen LogP contribution in [0.2, 0.25) is 0 Å². The van der Waals surface area contributed by atoms with Gasteiger partial charge in [0, 0.05) is 25.2 Å². The lowest BCUT2D eigenvalue weighted by atomic mass is 10.00. The van der Waals surface area contributed by atoms with Crippen molar-refractivity contribution in [3.8, 4) is 17.1 Å². The number of carbonyl (C=O) groups is 1. The lowest BCUT2D eigenvalue weighted by Gasteiger charge is -2.30. The first-order chi connectivity index (χ1) is 15.6. The number of aromatic nitrogens is 3. The van der Waals surface area contributed by atoms with E-state index in [1.54, 1.807) is 7.11 Å². The molecule has 168 valence electrons. The SMILES string of the molecule is CCCCn1c(SC(C)C(=O)N2CCc3ccccc3C2)nnc1-c1ccc(OC)cc1. The van der Waals surface area contributed by atoms with Gasteiger partial charge in [0.25, 0.3) is 0 Å². The van der Waals surface area contributed by atoms with E-state index in [0.717, 1.165) is 54.6 Å². The molecule has 0 spiro atoms. The molecule has 0 saturated heterocycles. The normalized spacial score (nSPS) is 14.2. The second kappa shape index (κ2) is 10.2. The Morgan fingerprint density at radius 3 is 2.59 bits per heavy atom. The van der Waals surface area contributed by atoms with Crippen molar-refractivity contribution in [2.45, 2.75) is 56.6 Å². The molecule has 0 radical (unpaired) electrons. The largest absolute Gasteiger partial charge is 0.497 e. The second-order valence-corrected chi connectivity index (χ2v) is 9.39. The average Bonchev–Trinajstić information content (AvgIpc) is 3.23. The molecule has 7 heteroatoms. The average molecular weight is 451 g/mol. The number of benzene rings is 2. The molecule has 0 N–H and O–H groups in total. The van der Waals surface area contributed by atoms with Crippen LogP contribution in [0, 0.1) is 0 Å². The highest BCUT2D eigenvalue weighted by atomic mass is 32.2. The Bertz CT molecular complexity index is 1060. The van der Waals surface area contributed by atoms with E-state index in [9.17, 15) is 4.79 Å². The highest BCUT2D eigenvalue weighted by Crippen LogP contribution is 2.30. The molecule has 1 amide bonds. The van der Waals surface area contributed by atoms with Gasteiger partial charge in [-0.25, -0.2) is 0 Å². The highest BCUT2D eigenvalue weighted by Gasteiger charge is 2.27. The summed E-state index contributed by atoms with van der Waals surface area (Å²) in [4.78, 5) is 15.2. The Morgan fingerprint density at radius 1 is 1.12 bits per heavy atom. The molecule has 4 rings (SSSR count). The molecular formula is C25H30N4O2S. The Balaban J connectivity index is 1.51. The molecule has 0 fully saturated rings. The van der Waals surface area contributed by atoms with Gasteiger partial charge in [0.2, 0.25) is 5.91 Å². The number of unbranched alkanes of at least 4 members (excludes halogenated alkanes) is 1. The number of rotatable bonds is 8. The van der Waals surface area contributed by atoms with Gasteiger partial charge in [-0.1, -0.05) is 49.4 Å². The summed E-state index contributed by atoms with van der Waals surface area (Å²) in [6, 6.07) is 16.3. The summed E-state index contributed by atoms with van der Waals surface area (Å²) in [5, 5.41) is 9.51. The topological polar surface area (TPSA) is 60.2 Å². The number of fused-ring (bicyclic) bond motifs is 1. The van der Waals surface area contributed by atoms with Crippen LogP contribution in [0.4, 0.5) is 0 Å². The fourth-order valence-electron chi connectivity index (χ4n) is 4.00. The first-order valence-corrected chi connectivity index (χ1v) is 12.1. The zero-order chi connectivity index (χ0) is 22.5. The summed E-state index contributed by atoms with van der Waals surface area (Å²) in [6.45, 7) is 6.41. The molecule has 1 atom stereocenters. The van der Waals surface area contributed by atoms with Gasteiger partial charge in [-0.05, 0) is 55.2 Å². The zero-order valence-electron chi connectivity index (χ0n) is 19.0. The van der Waals surface area contributed by atoms with E-state index in [-0.39, 0.29) is 11.2 Å². The van der Waals surface area contributed by atoms with Gasteiger partial charge in [-0.2, -0.15) is 0 Å². The smallest absolute Gasteiger partial charge is 0.236 e. The van der Waals surface area contributed by atoms with Crippen LogP contribution < -0.4 is 4.74 Å². The van der Waals surface area contributed by atoms with E-state index in [2.05, 4.69) is 39.9 Å². The quantitative estimate of drug-likeness (QED) is 0.461. The van der Waals surface area contributed by atoms with Crippen molar-refractivity contribution in [1.29, 1.82) is 0 Å². The maximum Gasteiger partial charge on any atom is 0.236 e. The molecular weight excluding hydrogens is 420 g/mol. The summed E-state index contributed by atoms with van der Waals surface area (Å²) in [5.74, 6) is 1.79. The molecule has 1 aliphatic heterocycles. The van der Waals surface area contributed by atoms with Crippen molar-refractivity contribution in [3.05, 3.63) is 59.7 Å². The van der Waals surface area contributed by atoms with Crippen LogP contribution in [-0.2, 0) is 24.3 Å². The summed E-state index contributed by atoms with van der Waals surface area (Å²) in [7, 11) is 1.66. The van der Waals surface area contributed by atoms with Gasteiger partial charge in [0.15, 0.2) is 11.0 Å². The predicted molar refractivity (Wildman–Crippen MR) is 128 cm³/mol. The monoisotopic (exact) mass is 450 g/mol. The first-order valence-electron chi connectivity index (χ1n) is 11.2.